The van der Waals surface area contributed by atoms with Crippen molar-refractivity contribution in [2.75, 3.05) is 0 Å². The highest BCUT2D eigenvalue weighted by Crippen LogP contribution is 2.15. The first-order valence-corrected chi connectivity index (χ1v) is 4.50. The molecule has 0 spiro atoms. The van der Waals surface area contributed by atoms with E-state index in [1.165, 1.54) is 0 Å². The van der Waals surface area contributed by atoms with Crippen LogP contribution in [0.25, 0.3) is 0 Å². The van der Waals surface area contributed by atoms with Gasteiger partial charge >= 0.3 is 0 Å². The molecule has 0 aliphatic heterocycles. The van der Waals surface area contributed by atoms with Gasteiger partial charge < -0.3 is 0 Å². The smallest absolute Gasteiger partial charge is 0.167 e. The first kappa shape index (κ1) is 9.90. The summed E-state index contributed by atoms with van der Waals surface area (Å²) in [6.45, 7) is 7.65. The minimum Gasteiger partial charge on any atom is -0.294 e. The molecule has 0 aromatic carbocycles. The number of pyridine rings is 1. The number of Topliss-reactive ketones (excluding diaryl/α,β-unsaturated/α-hetero) is 1. The van der Waals surface area contributed by atoms with Gasteiger partial charge in [0.2, 0.25) is 0 Å². The highest BCUT2D eigenvalue weighted by molar-refractivity contribution is 5.99. The molecule has 1 aromatic rings. The summed E-state index contributed by atoms with van der Waals surface area (Å²) in [7, 11) is 0. The summed E-state index contributed by atoms with van der Waals surface area (Å²) in [6.07, 6.45) is 1.74. The van der Waals surface area contributed by atoms with E-state index >= 15 is 0 Å². The van der Waals surface area contributed by atoms with E-state index in [1.54, 1.807) is 6.20 Å². The van der Waals surface area contributed by atoms with Crippen LogP contribution in [0.1, 0.15) is 35.5 Å². The lowest BCUT2D eigenvalue weighted by Gasteiger charge is -2.09. The SMILES string of the molecule is Cc1ccnc(C)c1C(=O)C(C)C. The van der Waals surface area contributed by atoms with Crippen LogP contribution in [-0.4, -0.2) is 10.8 Å². The summed E-state index contributed by atoms with van der Waals surface area (Å²) in [5.41, 5.74) is 2.64. The predicted molar refractivity (Wildman–Crippen MR) is 52.9 cm³/mol. The van der Waals surface area contributed by atoms with Gasteiger partial charge in [0.1, 0.15) is 0 Å². The standard InChI is InChI=1S/C11H15NO/c1-7(2)11(13)10-8(3)5-6-12-9(10)4/h5-7H,1-4H3. The van der Waals surface area contributed by atoms with Crippen molar-refractivity contribution in [1.82, 2.24) is 4.98 Å². The van der Waals surface area contributed by atoms with E-state index in [4.69, 9.17) is 0 Å². The molecule has 0 amide bonds. The Kier molecular flexibility index (Phi) is 2.81. The maximum Gasteiger partial charge on any atom is 0.167 e. The van der Waals surface area contributed by atoms with Crippen molar-refractivity contribution in [1.29, 1.82) is 0 Å². The average Bonchev–Trinajstić information content (AvgIpc) is 2.03. The molecule has 2 heteroatoms. The van der Waals surface area contributed by atoms with Gasteiger partial charge in [-0.2, -0.15) is 0 Å². The van der Waals surface area contributed by atoms with Crippen LogP contribution in [0.2, 0.25) is 0 Å². The highest BCUT2D eigenvalue weighted by Gasteiger charge is 2.15. The van der Waals surface area contributed by atoms with E-state index in [-0.39, 0.29) is 11.7 Å². The molecule has 0 saturated carbocycles. The van der Waals surface area contributed by atoms with Gasteiger partial charge in [0.15, 0.2) is 5.78 Å². The van der Waals surface area contributed by atoms with Crippen molar-refractivity contribution >= 4 is 5.78 Å². The van der Waals surface area contributed by atoms with Crippen LogP contribution < -0.4 is 0 Å². The fourth-order valence-corrected chi connectivity index (χ4v) is 1.36. The van der Waals surface area contributed by atoms with Crippen LogP contribution >= 0.6 is 0 Å². The van der Waals surface area contributed by atoms with E-state index in [0.29, 0.717) is 0 Å². The molecule has 0 radical (unpaired) electrons. The molecule has 0 atom stereocenters. The Morgan fingerprint density at radius 2 is 2.00 bits per heavy atom. The minimum absolute atomic E-state index is 0.0431. The monoisotopic (exact) mass is 177 g/mol. The van der Waals surface area contributed by atoms with Crippen LogP contribution in [-0.2, 0) is 0 Å². The van der Waals surface area contributed by atoms with Gasteiger partial charge in [-0.25, -0.2) is 0 Å². The first-order valence-electron chi connectivity index (χ1n) is 4.50. The van der Waals surface area contributed by atoms with Gasteiger partial charge in [-0.05, 0) is 25.5 Å². The molecule has 1 aromatic heterocycles. The van der Waals surface area contributed by atoms with Gasteiger partial charge in [-0.3, -0.25) is 9.78 Å². The minimum atomic E-state index is 0.0431. The van der Waals surface area contributed by atoms with E-state index < -0.39 is 0 Å². The number of ketones is 1. The molecule has 1 heterocycles. The Hall–Kier alpha value is -1.18. The summed E-state index contributed by atoms with van der Waals surface area (Å²) in [5, 5.41) is 0. The van der Waals surface area contributed by atoms with Gasteiger partial charge in [-0.15, -0.1) is 0 Å². The lowest BCUT2D eigenvalue weighted by molar-refractivity contribution is 0.0937. The lowest BCUT2D eigenvalue weighted by Crippen LogP contribution is -2.12. The molecule has 70 valence electrons. The Bertz CT molecular complexity index is 309. The van der Waals surface area contributed by atoms with Gasteiger partial charge in [0.05, 0.1) is 0 Å². The molecule has 0 aliphatic carbocycles. The zero-order chi connectivity index (χ0) is 10.0. The number of aromatic nitrogens is 1. The van der Waals surface area contributed by atoms with Crippen molar-refractivity contribution in [3.8, 4) is 0 Å². The largest absolute Gasteiger partial charge is 0.294 e. The number of hydrogen-bond donors (Lipinski definition) is 0. The van der Waals surface area contributed by atoms with Crippen molar-refractivity contribution in [2.24, 2.45) is 5.92 Å². The predicted octanol–water partition coefficient (Wildman–Crippen LogP) is 2.54. The van der Waals surface area contributed by atoms with Crippen LogP contribution in [0.4, 0.5) is 0 Å². The van der Waals surface area contributed by atoms with E-state index in [2.05, 4.69) is 4.98 Å². The van der Waals surface area contributed by atoms with Gasteiger partial charge in [-0.1, -0.05) is 13.8 Å². The summed E-state index contributed by atoms with van der Waals surface area (Å²) < 4.78 is 0. The quantitative estimate of drug-likeness (QED) is 0.650. The van der Waals surface area contributed by atoms with Crippen LogP contribution in [0.15, 0.2) is 12.3 Å². The molecule has 0 aliphatic rings. The van der Waals surface area contributed by atoms with Crippen LogP contribution in [0.5, 0.6) is 0 Å². The van der Waals surface area contributed by atoms with Crippen molar-refractivity contribution in [2.45, 2.75) is 27.7 Å². The number of rotatable bonds is 2. The zero-order valence-corrected chi connectivity index (χ0v) is 8.59. The third-order valence-corrected chi connectivity index (χ3v) is 2.12. The summed E-state index contributed by atoms with van der Waals surface area (Å²) in [6, 6.07) is 1.88. The first-order chi connectivity index (χ1) is 6.04. The molecule has 13 heavy (non-hydrogen) atoms. The number of nitrogens with zero attached hydrogens (tertiary/aromatic N) is 1. The summed E-state index contributed by atoms with van der Waals surface area (Å²) in [4.78, 5) is 15.9. The molecule has 0 saturated heterocycles. The van der Waals surface area contributed by atoms with Crippen molar-refractivity contribution in [3.63, 3.8) is 0 Å². The molecule has 0 bridgehead atoms. The highest BCUT2D eigenvalue weighted by atomic mass is 16.1. The molecule has 0 N–H and O–H groups in total. The summed E-state index contributed by atoms with van der Waals surface area (Å²) in [5.74, 6) is 0.227. The third kappa shape index (κ3) is 1.94. The normalized spacial score (nSPS) is 10.5. The Morgan fingerprint density at radius 1 is 1.38 bits per heavy atom. The fraction of sp³-hybridized carbons (Fsp3) is 0.455. The second-order valence-corrected chi connectivity index (χ2v) is 3.61. The molecule has 0 fully saturated rings. The summed E-state index contributed by atoms with van der Waals surface area (Å²) >= 11 is 0. The Morgan fingerprint density at radius 3 is 2.46 bits per heavy atom. The second-order valence-electron chi connectivity index (χ2n) is 3.61. The maximum atomic E-state index is 11.7. The molecule has 2 nitrogen and oxygen atoms in total. The van der Waals surface area contributed by atoms with Crippen LogP contribution in [0, 0.1) is 19.8 Å². The van der Waals surface area contributed by atoms with E-state index in [0.717, 1.165) is 16.8 Å². The lowest BCUT2D eigenvalue weighted by atomic mass is 9.96. The van der Waals surface area contributed by atoms with E-state index in [9.17, 15) is 4.79 Å². The molecular formula is C11H15NO. The van der Waals surface area contributed by atoms with Crippen molar-refractivity contribution < 1.29 is 4.79 Å². The molecule has 1 rings (SSSR count). The Balaban J connectivity index is 3.20. The molecule has 0 unspecified atom stereocenters. The average molecular weight is 177 g/mol. The Labute approximate surface area is 79.0 Å². The number of hydrogen-bond acceptors (Lipinski definition) is 2. The third-order valence-electron chi connectivity index (χ3n) is 2.12. The maximum absolute atomic E-state index is 11.7. The van der Waals surface area contributed by atoms with Crippen LogP contribution in [0.3, 0.4) is 0 Å². The van der Waals surface area contributed by atoms with Gasteiger partial charge in [0.25, 0.3) is 0 Å². The van der Waals surface area contributed by atoms with E-state index in [1.807, 2.05) is 33.8 Å². The number of carbonyl (C=O) groups excluding carboxylic acids is 1. The number of aryl methyl sites for hydroxylation is 2. The zero-order valence-electron chi connectivity index (χ0n) is 8.59. The number of carbonyl (C=O) groups is 1. The topological polar surface area (TPSA) is 30.0 Å². The van der Waals surface area contributed by atoms with Crippen molar-refractivity contribution in [3.05, 3.63) is 29.1 Å². The van der Waals surface area contributed by atoms with Gasteiger partial charge in [0, 0.05) is 23.4 Å². The second kappa shape index (κ2) is 3.69. The fourth-order valence-electron chi connectivity index (χ4n) is 1.36. The molecular weight excluding hydrogens is 162 g/mol.